The van der Waals surface area contributed by atoms with E-state index in [9.17, 15) is 9.59 Å². The maximum atomic E-state index is 11.8. The number of furan rings is 1. The van der Waals surface area contributed by atoms with Crippen LogP contribution in [-0.2, 0) is 9.53 Å². The molecule has 0 N–H and O–H groups in total. The Morgan fingerprint density at radius 2 is 2.22 bits per heavy atom. The van der Waals surface area contributed by atoms with Crippen LogP contribution >= 0.6 is 0 Å². The van der Waals surface area contributed by atoms with Crippen LogP contribution in [0.15, 0.2) is 35.2 Å². The molecule has 0 bridgehead atoms. The molecule has 1 rings (SSSR count). The second-order valence-corrected chi connectivity index (χ2v) is 3.95. The number of amides is 1. The standard InChI is InChI=1S/C13H17NO4/c1-4-14(7-10(2)3)12(15)9-18-13(16)11-5-6-17-8-11/h5-6,8H,2,4,7,9H2,1,3H3. The Labute approximate surface area is 106 Å². The number of hydrogen-bond donors (Lipinski definition) is 0. The third kappa shape index (κ3) is 4.08. The minimum atomic E-state index is -0.566. The lowest BCUT2D eigenvalue weighted by atomic mass is 10.3. The number of esters is 1. The van der Waals surface area contributed by atoms with Gasteiger partial charge in [0.1, 0.15) is 6.26 Å². The van der Waals surface area contributed by atoms with E-state index in [0.717, 1.165) is 5.57 Å². The van der Waals surface area contributed by atoms with Crippen LogP contribution in [-0.4, -0.2) is 36.5 Å². The molecule has 0 aromatic carbocycles. The summed E-state index contributed by atoms with van der Waals surface area (Å²) in [7, 11) is 0. The van der Waals surface area contributed by atoms with Gasteiger partial charge in [0.2, 0.25) is 0 Å². The Morgan fingerprint density at radius 1 is 1.50 bits per heavy atom. The van der Waals surface area contributed by atoms with Crippen LogP contribution in [0.2, 0.25) is 0 Å². The van der Waals surface area contributed by atoms with Gasteiger partial charge in [-0.1, -0.05) is 12.2 Å². The quantitative estimate of drug-likeness (QED) is 0.572. The van der Waals surface area contributed by atoms with Gasteiger partial charge in [0.05, 0.1) is 11.8 Å². The second-order valence-electron chi connectivity index (χ2n) is 3.95. The van der Waals surface area contributed by atoms with Crippen LogP contribution in [0.25, 0.3) is 0 Å². The Bertz CT molecular complexity index is 422. The van der Waals surface area contributed by atoms with Crippen molar-refractivity contribution < 1.29 is 18.7 Å². The average molecular weight is 251 g/mol. The zero-order valence-corrected chi connectivity index (χ0v) is 10.6. The fourth-order valence-corrected chi connectivity index (χ4v) is 1.38. The molecule has 0 fully saturated rings. The van der Waals surface area contributed by atoms with Gasteiger partial charge in [-0.3, -0.25) is 4.79 Å². The summed E-state index contributed by atoms with van der Waals surface area (Å²) in [6.07, 6.45) is 2.65. The Morgan fingerprint density at radius 3 is 2.72 bits per heavy atom. The summed E-state index contributed by atoms with van der Waals surface area (Å²) in [4.78, 5) is 24.8. The summed E-state index contributed by atoms with van der Waals surface area (Å²) in [6.45, 7) is 8.20. The maximum Gasteiger partial charge on any atom is 0.341 e. The predicted octanol–water partition coefficient (Wildman–Crippen LogP) is 1.86. The van der Waals surface area contributed by atoms with Crippen molar-refractivity contribution in [2.45, 2.75) is 13.8 Å². The Hall–Kier alpha value is -2.04. The number of nitrogens with zero attached hydrogens (tertiary/aromatic N) is 1. The zero-order valence-electron chi connectivity index (χ0n) is 10.6. The summed E-state index contributed by atoms with van der Waals surface area (Å²) in [5.41, 5.74) is 1.18. The lowest BCUT2D eigenvalue weighted by Gasteiger charge is -2.20. The van der Waals surface area contributed by atoms with Crippen molar-refractivity contribution in [3.8, 4) is 0 Å². The van der Waals surface area contributed by atoms with Crippen molar-refractivity contribution in [1.29, 1.82) is 0 Å². The first kappa shape index (κ1) is 14.0. The SMILES string of the molecule is C=C(C)CN(CC)C(=O)COC(=O)c1ccoc1. The van der Waals surface area contributed by atoms with Gasteiger partial charge in [0.15, 0.2) is 6.61 Å². The summed E-state index contributed by atoms with van der Waals surface area (Å²) in [6, 6.07) is 1.48. The summed E-state index contributed by atoms with van der Waals surface area (Å²) < 4.78 is 9.65. The van der Waals surface area contributed by atoms with Crippen LogP contribution in [0, 0.1) is 0 Å². The normalized spacial score (nSPS) is 9.89. The highest BCUT2D eigenvalue weighted by Gasteiger charge is 2.15. The number of carbonyl (C=O) groups excluding carboxylic acids is 2. The van der Waals surface area contributed by atoms with Gasteiger partial charge >= 0.3 is 5.97 Å². The molecule has 1 heterocycles. The van der Waals surface area contributed by atoms with Crippen molar-refractivity contribution in [3.05, 3.63) is 36.3 Å². The molecule has 0 radical (unpaired) electrons. The molecule has 0 aliphatic heterocycles. The lowest BCUT2D eigenvalue weighted by Crippen LogP contribution is -2.35. The number of likely N-dealkylation sites (N-methyl/N-ethyl adjacent to an activating group) is 1. The molecule has 0 aliphatic carbocycles. The van der Waals surface area contributed by atoms with E-state index in [0.29, 0.717) is 18.7 Å². The van der Waals surface area contributed by atoms with Crippen LogP contribution in [0.3, 0.4) is 0 Å². The first-order chi connectivity index (χ1) is 8.54. The number of carbonyl (C=O) groups is 2. The fourth-order valence-electron chi connectivity index (χ4n) is 1.38. The lowest BCUT2D eigenvalue weighted by molar-refractivity contribution is -0.133. The van der Waals surface area contributed by atoms with Gasteiger partial charge in [0.25, 0.3) is 5.91 Å². The minimum absolute atomic E-state index is 0.239. The van der Waals surface area contributed by atoms with E-state index >= 15 is 0 Å². The van der Waals surface area contributed by atoms with Crippen LogP contribution in [0.4, 0.5) is 0 Å². The third-order valence-electron chi connectivity index (χ3n) is 2.28. The summed E-state index contributed by atoms with van der Waals surface area (Å²) in [5, 5.41) is 0. The number of hydrogen-bond acceptors (Lipinski definition) is 4. The summed E-state index contributed by atoms with van der Waals surface area (Å²) >= 11 is 0. The highest BCUT2D eigenvalue weighted by Crippen LogP contribution is 2.03. The number of ether oxygens (including phenoxy) is 1. The number of rotatable bonds is 6. The van der Waals surface area contributed by atoms with Crippen molar-refractivity contribution >= 4 is 11.9 Å². The van der Waals surface area contributed by atoms with Gasteiger partial charge in [-0.25, -0.2) is 4.79 Å². The Kier molecular flexibility index (Phi) is 5.17. The molecule has 0 unspecified atom stereocenters. The molecule has 0 atom stereocenters. The molecule has 1 amide bonds. The monoisotopic (exact) mass is 251 g/mol. The van der Waals surface area contributed by atoms with E-state index in [2.05, 4.69) is 6.58 Å². The van der Waals surface area contributed by atoms with Gasteiger partial charge < -0.3 is 14.1 Å². The van der Waals surface area contributed by atoms with Crippen molar-refractivity contribution in [3.63, 3.8) is 0 Å². The van der Waals surface area contributed by atoms with Gasteiger partial charge in [-0.05, 0) is 19.9 Å². The average Bonchev–Trinajstić information content (AvgIpc) is 2.86. The first-order valence-electron chi connectivity index (χ1n) is 5.66. The third-order valence-corrected chi connectivity index (χ3v) is 2.28. The van der Waals surface area contributed by atoms with Crippen molar-refractivity contribution in [2.75, 3.05) is 19.7 Å². The molecule has 0 saturated carbocycles. The molecule has 5 heteroatoms. The zero-order chi connectivity index (χ0) is 13.5. The minimum Gasteiger partial charge on any atom is -0.472 e. The van der Waals surface area contributed by atoms with Crippen LogP contribution < -0.4 is 0 Å². The van der Waals surface area contributed by atoms with E-state index in [-0.39, 0.29) is 12.5 Å². The van der Waals surface area contributed by atoms with Gasteiger partial charge in [-0.15, -0.1) is 0 Å². The van der Waals surface area contributed by atoms with E-state index in [4.69, 9.17) is 9.15 Å². The molecule has 18 heavy (non-hydrogen) atoms. The molecule has 0 aliphatic rings. The molecule has 98 valence electrons. The first-order valence-corrected chi connectivity index (χ1v) is 5.66. The van der Waals surface area contributed by atoms with Gasteiger partial charge in [0, 0.05) is 13.1 Å². The molecule has 0 spiro atoms. The molecule has 1 aromatic heterocycles. The topological polar surface area (TPSA) is 59.8 Å². The maximum absolute atomic E-state index is 11.8. The van der Waals surface area contributed by atoms with E-state index in [1.807, 2.05) is 13.8 Å². The fraction of sp³-hybridized carbons (Fsp3) is 0.385. The largest absolute Gasteiger partial charge is 0.472 e. The second kappa shape index (κ2) is 6.64. The molecular weight excluding hydrogens is 234 g/mol. The summed E-state index contributed by atoms with van der Waals surface area (Å²) in [5.74, 6) is -0.805. The molecular formula is C13H17NO4. The smallest absolute Gasteiger partial charge is 0.341 e. The van der Waals surface area contributed by atoms with E-state index < -0.39 is 5.97 Å². The molecule has 0 saturated heterocycles. The van der Waals surface area contributed by atoms with Crippen LogP contribution in [0.1, 0.15) is 24.2 Å². The Balaban J connectivity index is 2.44. The van der Waals surface area contributed by atoms with Gasteiger partial charge in [-0.2, -0.15) is 0 Å². The highest BCUT2D eigenvalue weighted by molar-refractivity contribution is 5.90. The van der Waals surface area contributed by atoms with Crippen LogP contribution in [0.5, 0.6) is 0 Å². The predicted molar refractivity (Wildman–Crippen MR) is 66.1 cm³/mol. The molecule has 1 aromatic rings. The molecule has 5 nitrogen and oxygen atoms in total. The van der Waals surface area contributed by atoms with E-state index in [1.54, 1.807) is 4.90 Å². The van der Waals surface area contributed by atoms with Crippen molar-refractivity contribution in [2.24, 2.45) is 0 Å². The highest BCUT2D eigenvalue weighted by atomic mass is 16.5. The van der Waals surface area contributed by atoms with E-state index in [1.165, 1.54) is 18.6 Å². The van der Waals surface area contributed by atoms with Crippen molar-refractivity contribution in [1.82, 2.24) is 4.90 Å².